The fraction of sp³-hybridized carbons (Fsp3) is 0.455. The van der Waals surface area contributed by atoms with Gasteiger partial charge in [0.15, 0.2) is 0 Å². The molecule has 0 amide bonds. The molecule has 0 heterocycles. The summed E-state index contributed by atoms with van der Waals surface area (Å²) in [7, 11) is 1.66. The Labute approximate surface area is 83.5 Å². The molecule has 0 saturated heterocycles. The maximum Gasteiger partial charge on any atom is 0.122 e. The Morgan fingerprint density at radius 1 is 1.57 bits per heavy atom. The summed E-state index contributed by atoms with van der Waals surface area (Å²) in [5.74, 6) is 0.878. The van der Waals surface area contributed by atoms with E-state index in [0.717, 1.165) is 29.7 Å². The number of hydrogen-bond donors (Lipinski definition) is 2. The molecule has 0 fully saturated rings. The van der Waals surface area contributed by atoms with Gasteiger partial charge in [-0.05, 0) is 30.0 Å². The lowest BCUT2D eigenvalue weighted by Gasteiger charge is -2.22. The molecule has 1 aromatic carbocycles. The van der Waals surface area contributed by atoms with Crippen LogP contribution in [0.5, 0.6) is 5.75 Å². The van der Waals surface area contributed by atoms with Crippen LogP contribution in [0.3, 0.4) is 0 Å². The minimum Gasteiger partial charge on any atom is -0.496 e. The molecule has 0 aromatic heterocycles. The minimum absolute atomic E-state index is 0.00678. The smallest absolute Gasteiger partial charge is 0.122 e. The Morgan fingerprint density at radius 3 is 3.00 bits per heavy atom. The molecule has 1 aliphatic carbocycles. The number of aliphatic hydroxyl groups excluding tert-OH is 1. The second-order valence-corrected chi connectivity index (χ2v) is 3.80. The molecule has 3 N–H and O–H groups in total. The molecule has 3 nitrogen and oxygen atoms in total. The van der Waals surface area contributed by atoms with E-state index >= 15 is 0 Å². The maximum absolute atomic E-state index is 9.27. The lowest BCUT2D eigenvalue weighted by Crippen LogP contribution is -2.37. The van der Waals surface area contributed by atoms with E-state index < -0.39 is 5.54 Å². The van der Waals surface area contributed by atoms with Gasteiger partial charge in [0.25, 0.3) is 0 Å². The van der Waals surface area contributed by atoms with E-state index in [2.05, 4.69) is 0 Å². The van der Waals surface area contributed by atoms with Crippen LogP contribution >= 0.6 is 0 Å². The van der Waals surface area contributed by atoms with Crippen LogP contribution in [0.25, 0.3) is 0 Å². The highest BCUT2D eigenvalue weighted by Gasteiger charge is 2.35. The highest BCUT2D eigenvalue weighted by Crippen LogP contribution is 2.39. The summed E-state index contributed by atoms with van der Waals surface area (Å²) in [4.78, 5) is 0. The second kappa shape index (κ2) is 3.26. The zero-order chi connectivity index (χ0) is 10.2. The van der Waals surface area contributed by atoms with Crippen molar-refractivity contribution in [3.05, 3.63) is 29.3 Å². The Morgan fingerprint density at radius 2 is 2.36 bits per heavy atom. The van der Waals surface area contributed by atoms with Gasteiger partial charge in [-0.15, -0.1) is 0 Å². The van der Waals surface area contributed by atoms with E-state index in [1.165, 1.54) is 0 Å². The first kappa shape index (κ1) is 9.49. The van der Waals surface area contributed by atoms with Crippen molar-refractivity contribution in [2.45, 2.75) is 18.4 Å². The summed E-state index contributed by atoms with van der Waals surface area (Å²) >= 11 is 0. The van der Waals surface area contributed by atoms with Crippen molar-refractivity contribution in [3.63, 3.8) is 0 Å². The molecule has 0 spiro atoms. The SMILES string of the molecule is COc1cccc2c1CCC2(N)CO. The summed E-state index contributed by atoms with van der Waals surface area (Å²) in [5.41, 5.74) is 7.69. The van der Waals surface area contributed by atoms with Gasteiger partial charge in [-0.3, -0.25) is 0 Å². The predicted molar refractivity (Wildman–Crippen MR) is 54.3 cm³/mol. The Bertz CT molecular complexity index is 351. The Hall–Kier alpha value is -1.06. The lowest BCUT2D eigenvalue weighted by molar-refractivity contribution is 0.197. The lowest BCUT2D eigenvalue weighted by atomic mass is 9.94. The maximum atomic E-state index is 9.27. The van der Waals surface area contributed by atoms with Crippen molar-refractivity contribution < 1.29 is 9.84 Å². The fourth-order valence-corrected chi connectivity index (χ4v) is 2.13. The molecular formula is C11H15NO2. The quantitative estimate of drug-likeness (QED) is 0.730. The number of nitrogens with two attached hydrogens (primary N) is 1. The zero-order valence-electron chi connectivity index (χ0n) is 8.29. The first-order valence-electron chi connectivity index (χ1n) is 4.77. The van der Waals surface area contributed by atoms with Gasteiger partial charge in [-0.2, -0.15) is 0 Å². The molecule has 1 unspecified atom stereocenters. The van der Waals surface area contributed by atoms with Gasteiger partial charge in [-0.25, -0.2) is 0 Å². The zero-order valence-corrected chi connectivity index (χ0v) is 8.29. The summed E-state index contributed by atoms with van der Waals surface area (Å²) in [6.07, 6.45) is 1.68. The minimum atomic E-state index is -0.566. The summed E-state index contributed by atoms with van der Waals surface area (Å²) in [6.45, 7) is -0.00678. The fourth-order valence-electron chi connectivity index (χ4n) is 2.13. The predicted octanol–water partition coefficient (Wildman–Crippen LogP) is 0.788. The normalized spacial score (nSPS) is 24.8. The molecule has 14 heavy (non-hydrogen) atoms. The highest BCUT2D eigenvalue weighted by atomic mass is 16.5. The standard InChI is InChI=1S/C11H15NO2/c1-14-10-4-2-3-9-8(10)5-6-11(9,12)7-13/h2-4,13H,5-7,12H2,1H3. The number of hydrogen-bond acceptors (Lipinski definition) is 3. The van der Waals surface area contributed by atoms with Gasteiger partial charge in [0.05, 0.1) is 19.3 Å². The third-order valence-corrected chi connectivity index (χ3v) is 2.99. The van der Waals surface area contributed by atoms with Crippen molar-refractivity contribution in [3.8, 4) is 5.75 Å². The molecule has 0 radical (unpaired) electrons. The van der Waals surface area contributed by atoms with Crippen LogP contribution < -0.4 is 10.5 Å². The average molecular weight is 193 g/mol. The van der Waals surface area contributed by atoms with E-state index in [1.54, 1.807) is 7.11 Å². The Balaban J connectivity index is 2.52. The second-order valence-electron chi connectivity index (χ2n) is 3.80. The van der Waals surface area contributed by atoms with E-state index in [1.807, 2.05) is 18.2 Å². The van der Waals surface area contributed by atoms with E-state index in [0.29, 0.717) is 0 Å². The Kier molecular flexibility index (Phi) is 2.21. The molecular weight excluding hydrogens is 178 g/mol. The van der Waals surface area contributed by atoms with Crippen molar-refractivity contribution in [1.82, 2.24) is 0 Å². The summed E-state index contributed by atoms with van der Waals surface area (Å²) < 4.78 is 5.26. The van der Waals surface area contributed by atoms with Gasteiger partial charge in [-0.1, -0.05) is 12.1 Å². The molecule has 76 valence electrons. The van der Waals surface area contributed by atoms with Crippen LogP contribution in [-0.2, 0) is 12.0 Å². The third kappa shape index (κ3) is 1.21. The van der Waals surface area contributed by atoms with E-state index in [-0.39, 0.29) is 6.61 Å². The molecule has 2 rings (SSSR count). The van der Waals surface area contributed by atoms with Crippen LogP contribution in [0.2, 0.25) is 0 Å². The number of fused-ring (bicyclic) bond motifs is 1. The van der Waals surface area contributed by atoms with Gasteiger partial charge < -0.3 is 15.6 Å². The summed E-state index contributed by atoms with van der Waals surface area (Å²) in [5, 5.41) is 9.27. The molecule has 1 aromatic rings. The number of ether oxygens (including phenoxy) is 1. The molecule has 1 atom stereocenters. The van der Waals surface area contributed by atoms with Gasteiger partial charge in [0.1, 0.15) is 5.75 Å². The van der Waals surface area contributed by atoms with Crippen molar-refractivity contribution >= 4 is 0 Å². The summed E-state index contributed by atoms with van der Waals surface area (Å²) in [6, 6.07) is 5.82. The van der Waals surface area contributed by atoms with Crippen molar-refractivity contribution in [1.29, 1.82) is 0 Å². The van der Waals surface area contributed by atoms with Gasteiger partial charge in [0.2, 0.25) is 0 Å². The van der Waals surface area contributed by atoms with Gasteiger partial charge >= 0.3 is 0 Å². The molecule has 0 saturated carbocycles. The third-order valence-electron chi connectivity index (χ3n) is 2.99. The molecule has 0 aliphatic heterocycles. The number of aliphatic hydroxyl groups is 1. The topological polar surface area (TPSA) is 55.5 Å². The van der Waals surface area contributed by atoms with Gasteiger partial charge in [0, 0.05) is 0 Å². The van der Waals surface area contributed by atoms with Crippen molar-refractivity contribution in [2.75, 3.05) is 13.7 Å². The number of rotatable bonds is 2. The molecule has 1 aliphatic rings. The monoisotopic (exact) mass is 193 g/mol. The molecule has 3 heteroatoms. The van der Waals surface area contributed by atoms with Crippen LogP contribution in [0, 0.1) is 0 Å². The van der Waals surface area contributed by atoms with E-state index in [9.17, 15) is 5.11 Å². The van der Waals surface area contributed by atoms with Crippen molar-refractivity contribution in [2.24, 2.45) is 5.73 Å². The van der Waals surface area contributed by atoms with Crippen LogP contribution in [-0.4, -0.2) is 18.8 Å². The number of methoxy groups -OCH3 is 1. The largest absolute Gasteiger partial charge is 0.496 e. The van der Waals surface area contributed by atoms with Crippen LogP contribution in [0.15, 0.2) is 18.2 Å². The van der Waals surface area contributed by atoms with E-state index in [4.69, 9.17) is 10.5 Å². The van der Waals surface area contributed by atoms with Crippen LogP contribution in [0.1, 0.15) is 17.5 Å². The molecule has 0 bridgehead atoms. The van der Waals surface area contributed by atoms with Crippen LogP contribution in [0.4, 0.5) is 0 Å². The first-order valence-corrected chi connectivity index (χ1v) is 4.77. The first-order chi connectivity index (χ1) is 6.71. The number of benzene rings is 1. The average Bonchev–Trinajstić information content (AvgIpc) is 2.58. The highest BCUT2D eigenvalue weighted by molar-refractivity contribution is 5.47.